The van der Waals surface area contributed by atoms with Crippen molar-refractivity contribution in [3.63, 3.8) is 0 Å². The van der Waals surface area contributed by atoms with Crippen LogP contribution < -0.4 is 9.47 Å². The largest absolute Gasteiger partial charge is 0.488 e. The number of hydrogen-bond donors (Lipinski definition) is 0. The lowest BCUT2D eigenvalue weighted by atomic mass is 9.93. The molecule has 0 fully saturated rings. The standard InChI is InChI=1S/C16H15BrO3S/c1-16(2)7-14(18)13-4-3-11(6-15(13)20-16)19-8-12-5-10(17)9-21-12/h3-6,9H,7-8H2,1-2H3. The predicted octanol–water partition coefficient (Wildman–Crippen LogP) is 4.83. The normalized spacial score (nSPS) is 16.2. The number of hydrogen-bond acceptors (Lipinski definition) is 4. The van der Waals surface area contributed by atoms with Crippen molar-refractivity contribution in [1.29, 1.82) is 0 Å². The molecule has 1 aliphatic heterocycles. The molecular formula is C16H15BrO3S. The first kappa shape index (κ1) is 14.6. The minimum Gasteiger partial charge on any atom is -0.488 e. The highest BCUT2D eigenvalue weighted by atomic mass is 79.9. The summed E-state index contributed by atoms with van der Waals surface area (Å²) in [4.78, 5) is 13.2. The van der Waals surface area contributed by atoms with Crippen LogP contribution in [0.15, 0.2) is 34.1 Å². The molecule has 110 valence electrons. The SMILES string of the molecule is CC1(C)CC(=O)c2ccc(OCc3cc(Br)cs3)cc2O1. The van der Waals surface area contributed by atoms with Gasteiger partial charge in [-0.2, -0.15) is 0 Å². The summed E-state index contributed by atoms with van der Waals surface area (Å²) >= 11 is 5.06. The number of carbonyl (C=O) groups is 1. The second-order valence-electron chi connectivity index (χ2n) is 5.64. The lowest BCUT2D eigenvalue weighted by Crippen LogP contribution is -2.35. The topological polar surface area (TPSA) is 35.5 Å². The van der Waals surface area contributed by atoms with Crippen LogP contribution in [0.2, 0.25) is 0 Å². The summed E-state index contributed by atoms with van der Waals surface area (Å²) in [5.41, 5.74) is 0.182. The molecule has 0 amide bonds. The van der Waals surface area contributed by atoms with Gasteiger partial charge in [0.1, 0.15) is 23.7 Å². The highest BCUT2D eigenvalue weighted by Gasteiger charge is 2.32. The molecule has 0 unspecified atom stereocenters. The molecular weight excluding hydrogens is 352 g/mol. The van der Waals surface area contributed by atoms with Gasteiger partial charge in [-0.3, -0.25) is 4.79 Å². The fraction of sp³-hybridized carbons (Fsp3) is 0.312. The van der Waals surface area contributed by atoms with Crippen LogP contribution in [-0.2, 0) is 6.61 Å². The molecule has 0 radical (unpaired) electrons. The number of halogens is 1. The maximum absolute atomic E-state index is 12.1. The van der Waals surface area contributed by atoms with Crippen LogP contribution in [0, 0.1) is 0 Å². The number of rotatable bonds is 3. The van der Waals surface area contributed by atoms with Gasteiger partial charge in [0, 0.05) is 20.8 Å². The van der Waals surface area contributed by atoms with Crippen molar-refractivity contribution >= 4 is 33.0 Å². The van der Waals surface area contributed by atoms with Gasteiger partial charge in [0.2, 0.25) is 0 Å². The number of Topliss-reactive ketones (excluding diaryl/α,β-unsaturated/α-hetero) is 1. The van der Waals surface area contributed by atoms with Gasteiger partial charge in [-0.25, -0.2) is 0 Å². The Morgan fingerprint density at radius 1 is 1.38 bits per heavy atom. The summed E-state index contributed by atoms with van der Waals surface area (Å²) in [7, 11) is 0. The molecule has 0 spiro atoms. The smallest absolute Gasteiger partial charge is 0.170 e. The van der Waals surface area contributed by atoms with Crippen molar-refractivity contribution in [2.24, 2.45) is 0 Å². The quantitative estimate of drug-likeness (QED) is 0.779. The van der Waals surface area contributed by atoms with E-state index in [2.05, 4.69) is 15.9 Å². The molecule has 0 aliphatic carbocycles. The van der Waals surface area contributed by atoms with Crippen LogP contribution in [0.25, 0.3) is 0 Å². The van der Waals surface area contributed by atoms with Gasteiger partial charge in [0.05, 0.1) is 12.0 Å². The van der Waals surface area contributed by atoms with Gasteiger partial charge in [-0.05, 0) is 48.0 Å². The third kappa shape index (κ3) is 3.30. The Morgan fingerprint density at radius 3 is 2.90 bits per heavy atom. The number of ether oxygens (including phenoxy) is 2. The van der Waals surface area contributed by atoms with Crippen molar-refractivity contribution in [3.05, 3.63) is 44.6 Å². The molecule has 0 saturated carbocycles. The minimum absolute atomic E-state index is 0.120. The molecule has 5 heteroatoms. The molecule has 0 N–H and O–H groups in total. The van der Waals surface area contributed by atoms with Crippen LogP contribution >= 0.6 is 27.3 Å². The lowest BCUT2D eigenvalue weighted by Gasteiger charge is -2.31. The zero-order valence-corrected chi connectivity index (χ0v) is 14.2. The Balaban J connectivity index is 1.78. The molecule has 3 rings (SSSR count). The average Bonchev–Trinajstić information content (AvgIpc) is 2.80. The van der Waals surface area contributed by atoms with E-state index in [9.17, 15) is 4.79 Å². The fourth-order valence-corrected chi connectivity index (χ4v) is 3.67. The Hall–Kier alpha value is -1.33. The Bertz CT molecular complexity index is 691. The minimum atomic E-state index is -0.457. The third-order valence-corrected chi connectivity index (χ3v) is 4.90. The van der Waals surface area contributed by atoms with Crippen molar-refractivity contribution in [2.75, 3.05) is 0 Å². The van der Waals surface area contributed by atoms with Crippen LogP contribution in [0.5, 0.6) is 11.5 Å². The maximum Gasteiger partial charge on any atom is 0.170 e. The summed E-state index contributed by atoms with van der Waals surface area (Å²) in [6, 6.07) is 7.44. The zero-order valence-electron chi connectivity index (χ0n) is 11.8. The summed E-state index contributed by atoms with van der Waals surface area (Å²) in [6.45, 7) is 4.35. The van der Waals surface area contributed by atoms with Crippen molar-refractivity contribution in [1.82, 2.24) is 0 Å². The number of ketones is 1. The molecule has 3 nitrogen and oxygen atoms in total. The van der Waals surface area contributed by atoms with E-state index in [0.717, 1.165) is 9.35 Å². The van der Waals surface area contributed by atoms with E-state index in [1.807, 2.05) is 31.4 Å². The van der Waals surface area contributed by atoms with Gasteiger partial charge < -0.3 is 9.47 Å². The molecule has 0 atom stereocenters. The Labute approximate surface area is 136 Å². The van der Waals surface area contributed by atoms with E-state index in [1.165, 1.54) is 0 Å². The monoisotopic (exact) mass is 366 g/mol. The molecule has 1 aromatic carbocycles. The van der Waals surface area contributed by atoms with Gasteiger partial charge in [-0.15, -0.1) is 11.3 Å². The van der Waals surface area contributed by atoms with Gasteiger partial charge in [0.25, 0.3) is 0 Å². The number of fused-ring (bicyclic) bond motifs is 1. The molecule has 0 bridgehead atoms. The Kier molecular flexibility index (Phi) is 3.80. The van der Waals surface area contributed by atoms with Crippen LogP contribution in [0.1, 0.15) is 35.5 Å². The van der Waals surface area contributed by atoms with E-state index < -0.39 is 5.60 Å². The van der Waals surface area contributed by atoms with Crippen LogP contribution in [-0.4, -0.2) is 11.4 Å². The predicted molar refractivity (Wildman–Crippen MR) is 86.4 cm³/mol. The molecule has 2 aromatic rings. The highest BCUT2D eigenvalue weighted by molar-refractivity contribution is 9.10. The van der Waals surface area contributed by atoms with E-state index in [1.54, 1.807) is 23.5 Å². The first-order chi connectivity index (χ1) is 9.93. The summed E-state index contributed by atoms with van der Waals surface area (Å²) < 4.78 is 12.7. The number of thiophene rings is 1. The second kappa shape index (κ2) is 5.46. The first-order valence-corrected chi connectivity index (χ1v) is 8.32. The molecule has 1 aliphatic rings. The maximum atomic E-state index is 12.1. The second-order valence-corrected chi connectivity index (χ2v) is 7.55. The number of carbonyl (C=O) groups excluding carboxylic acids is 1. The average molecular weight is 367 g/mol. The van der Waals surface area contributed by atoms with E-state index in [0.29, 0.717) is 30.1 Å². The van der Waals surface area contributed by atoms with Crippen molar-refractivity contribution in [3.8, 4) is 11.5 Å². The van der Waals surface area contributed by atoms with Gasteiger partial charge in [-0.1, -0.05) is 0 Å². The van der Waals surface area contributed by atoms with E-state index >= 15 is 0 Å². The number of benzene rings is 1. The summed E-state index contributed by atoms with van der Waals surface area (Å²) in [6.07, 6.45) is 0.406. The molecule has 2 heterocycles. The fourth-order valence-electron chi connectivity index (χ4n) is 2.31. The lowest BCUT2D eigenvalue weighted by molar-refractivity contribution is 0.0618. The van der Waals surface area contributed by atoms with Crippen LogP contribution in [0.4, 0.5) is 0 Å². The first-order valence-electron chi connectivity index (χ1n) is 6.65. The molecule has 21 heavy (non-hydrogen) atoms. The third-order valence-electron chi connectivity index (χ3n) is 3.23. The van der Waals surface area contributed by atoms with Gasteiger partial charge >= 0.3 is 0 Å². The van der Waals surface area contributed by atoms with E-state index in [4.69, 9.17) is 9.47 Å². The van der Waals surface area contributed by atoms with Crippen molar-refractivity contribution in [2.45, 2.75) is 32.5 Å². The van der Waals surface area contributed by atoms with E-state index in [-0.39, 0.29) is 5.78 Å². The van der Waals surface area contributed by atoms with Crippen molar-refractivity contribution < 1.29 is 14.3 Å². The summed E-state index contributed by atoms with van der Waals surface area (Å²) in [5.74, 6) is 1.44. The molecule has 0 saturated heterocycles. The summed E-state index contributed by atoms with van der Waals surface area (Å²) in [5, 5.41) is 2.02. The molecule has 1 aromatic heterocycles. The van der Waals surface area contributed by atoms with Crippen LogP contribution in [0.3, 0.4) is 0 Å². The highest BCUT2D eigenvalue weighted by Crippen LogP contribution is 2.35. The van der Waals surface area contributed by atoms with Gasteiger partial charge in [0.15, 0.2) is 5.78 Å². The Morgan fingerprint density at radius 2 is 2.19 bits per heavy atom. The zero-order chi connectivity index (χ0) is 15.0.